The molecule has 0 bridgehead atoms. The van der Waals surface area contributed by atoms with Crippen molar-refractivity contribution in [1.82, 2.24) is 4.98 Å². The van der Waals surface area contributed by atoms with Crippen LogP contribution in [-0.4, -0.2) is 10.9 Å². The van der Waals surface area contributed by atoms with E-state index in [-0.39, 0.29) is 5.91 Å². The Bertz CT molecular complexity index is 1070. The van der Waals surface area contributed by atoms with Gasteiger partial charge in [0.15, 0.2) is 5.13 Å². The van der Waals surface area contributed by atoms with Crippen LogP contribution in [0.3, 0.4) is 0 Å². The van der Waals surface area contributed by atoms with Gasteiger partial charge < -0.3 is 0 Å². The van der Waals surface area contributed by atoms with Crippen molar-refractivity contribution in [2.24, 2.45) is 0 Å². The van der Waals surface area contributed by atoms with Gasteiger partial charge in [0.1, 0.15) is 0 Å². The molecule has 0 fully saturated rings. The molecule has 1 aromatic heterocycles. The molecule has 0 saturated heterocycles. The van der Waals surface area contributed by atoms with E-state index in [9.17, 15) is 4.79 Å². The Hall–Kier alpha value is -2.98. The van der Waals surface area contributed by atoms with E-state index in [1.807, 2.05) is 54.6 Å². The predicted octanol–water partition coefficient (Wildman–Crippen LogP) is 6.72. The second kappa shape index (κ2) is 8.58. The molecule has 0 atom stereocenters. The zero-order chi connectivity index (χ0) is 20.2. The van der Waals surface area contributed by atoms with Crippen molar-refractivity contribution >= 4 is 38.3 Å². The SMILES string of the molecule is CC(C)c1ccc(N(C(=O)CCc2ccccc2)c2nc3ccccc3s2)cc1. The number of nitrogens with zero attached hydrogens (tertiary/aromatic N) is 2. The Kier molecular flexibility index (Phi) is 5.72. The van der Waals surface area contributed by atoms with Crippen molar-refractivity contribution in [3.05, 3.63) is 90.0 Å². The Morgan fingerprint density at radius 1 is 0.931 bits per heavy atom. The molecule has 0 N–H and O–H groups in total. The fraction of sp³-hybridized carbons (Fsp3) is 0.200. The number of thiazole rings is 1. The monoisotopic (exact) mass is 400 g/mol. The lowest BCUT2D eigenvalue weighted by Gasteiger charge is -2.21. The number of hydrogen-bond donors (Lipinski definition) is 0. The largest absolute Gasteiger partial charge is 0.274 e. The zero-order valence-corrected chi connectivity index (χ0v) is 17.5. The Balaban J connectivity index is 1.67. The summed E-state index contributed by atoms with van der Waals surface area (Å²) in [5.41, 5.74) is 4.22. The average molecular weight is 401 g/mol. The lowest BCUT2D eigenvalue weighted by atomic mass is 10.0. The summed E-state index contributed by atoms with van der Waals surface area (Å²) < 4.78 is 1.09. The van der Waals surface area contributed by atoms with Crippen molar-refractivity contribution in [3.8, 4) is 0 Å². The summed E-state index contributed by atoms with van der Waals surface area (Å²) in [6, 6.07) is 26.4. The van der Waals surface area contributed by atoms with Crippen LogP contribution in [0.15, 0.2) is 78.9 Å². The lowest BCUT2D eigenvalue weighted by molar-refractivity contribution is -0.117. The molecule has 0 saturated carbocycles. The standard InChI is InChI=1S/C25H24N2OS/c1-18(2)20-13-15-21(16-14-20)27(24(28)17-12-19-8-4-3-5-9-19)25-26-22-10-6-7-11-23(22)29-25/h3-11,13-16,18H,12,17H2,1-2H3. The van der Waals surface area contributed by atoms with E-state index in [0.717, 1.165) is 21.0 Å². The molecular formula is C25H24N2OS. The molecule has 0 aliphatic carbocycles. The lowest BCUT2D eigenvalue weighted by Crippen LogP contribution is -2.26. The summed E-state index contributed by atoms with van der Waals surface area (Å²) in [4.78, 5) is 19.8. The molecule has 4 heteroatoms. The normalized spacial score (nSPS) is 11.1. The van der Waals surface area contributed by atoms with E-state index in [1.165, 1.54) is 11.1 Å². The number of benzene rings is 3. The number of carbonyl (C=O) groups is 1. The topological polar surface area (TPSA) is 33.2 Å². The average Bonchev–Trinajstić information content (AvgIpc) is 3.17. The van der Waals surface area contributed by atoms with Gasteiger partial charge in [-0.2, -0.15) is 0 Å². The number of rotatable bonds is 6. The fourth-order valence-electron chi connectivity index (χ4n) is 3.33. The quantitative estimate of drug-likeness (QED) is 0.360. The summed E-state index contributed by atoms with van der Waals surface area (Å²) >= 11 is 1.55. The summed E-state index contributed by atoms with van der Waals surface area (Å²) in [5, 5.41) is 0.724. The van der Waals surface area contributed by atoms with Crippen molar-refractivity contribution < 1.29 is 4.79 Å². The first-order chi connectivity index (χ1) is 14.1. The van der Waals surface area contributed by atoms with Crippen molar-refractivity contribution in [2.75, 3.05) is 4.90 Å². The second-order valence-electron chi connectivity index (χ2n) is 7.43. The summed E-state index contributed by atoms with van der Waals surface area (Å²) in [6.07, 6.45) is 1.15. The highest BCUT2D eigenvalue weighted by molar-refractivity contribution is 7.22. The van der Waals surface area contributed by atoms with E-state index >= 15 is 0 Å². The molecule has 4 aromatic rings. The molecule has 1 amide bonds. The number of para-hydroxylation sites is 1. The van der Waals surface area contributed by atoms with Crippen molar-refractivity contribution in [3.63, 3.8) is 0 Å². The van der Waals surface area contributed by atoms with Crippen LogP contribution in [0.25, 0.3) is 10.2 Å². The number of aromatic nitrogens is 1. The molecule has 29 heavy (non-hydrogen) atoms. The summed E-state index contributed by atoms with van der Waals surface area (Å²) in [6.45, 7) is 4.34. The van der Waals surface area contributed by atoms with Crippen LogP contribution in [0.2, 0.25) is 0 Å². The molecule has 0 unspecified atom stereocenters. The third-order valence-corrected chi connectivity index (χ3v) is 6.03. The molecule has 3 nitrogen and oxygen atoms in total. The van der Waals surface area contributed by atoms with Crippen LogP contribution in [-0.2, 0) is 11.2 Å². The maximum atomic E-state index is 13.3. The van der Waals surface area contributed by atoms with Crippen LogP contribution in [0.4, 0.5) is 10.8 Å². The van der Waals surface area contributed by atoms with Crippen molar-refractivity contribution in [2.45, 2.75) is 32.6 Å². The van der Waals surface area contributed by atoms with Crippen LogP contribution >= 0.6 is 11.3 Å². The third kappa shape index (κ3) is 4.38. The highest BCUT2D eigenvalue weighted by Crippen LogP contribution is 2.34. The zero-order valence-electron chi connectivity index (χ0n) is 16.7. The van der Waals surface area contributed by atoms with Gasteiger partial charge in [0.25, 0.3) is 0 Å². The summed E-state index contributed by atoms with van der Waals surface area (Å²) in [5.74, 6) is 0.513. The number of aryl methyl sites for hydroxylation is 1. The minimum absolute atomic E-state index is 0.0604. The highest BCUT2D eigenvalue weighted by Gasteiger charge is 2.21. The first-order valence-electron chi connectivity index (χ1n) is 9.94. The summed E-state index contributed by atoms with van der Waals surface area (Å²) in [7, 11) is 0. The van der Waals surface area contributed by atoms with Gasteiger partial charge in [-0.3, -0.25) is 9.69 Å². The number of amides is 1. The van der Waals surface area contributed by atoms with Crippen LogP contribution in [0, 0.1) is 0 Å². The van der Waals surface area contributed by atoms with Gasteiger partial charge in [0, 0.05) is 6.42 Å². The molecule has 1 heterocycles. The number of carbonyl (C=O) groups excluding carboxylic acids is 1. The van der Waals surface area contributed by atoms with Crippen LogP contribution in [0.5, 0.6) is 0 Å². The maximum Gasteiger partial charge on any atom is 0.233 e. The first-order valence-corrected chi connectivity index (χ1v) is 10.8. The molecule has 4 rings (SSSR count). The van der Waals surface area contributed by atoms with Gasteiger partial charge in [-0.05, 0) is 47.7 Å². The van der Waals surface area contributed by atoms with E-state index in [0.29, 0.717) is 18.8 Å². The molecule has 0 aliphatic heterocycles. The van der Waals surface area contributed by atoms with Gasteiger partial charge in [0.2, 0.25) is 5.91 Å². The van der Waals surface area contributed by atoms with Gasteiger partial charge in [0.05, 0.1) is 15.9 Å². The van der Waals surface area contributed by atoms with Crippen molar-refractivity contribution in [1.29, 1.82) is 0 Å². The van der Waals surface area contributed by atoms with Gasteiger partial charge in [-0.1, -0.05) is 79.8 Å². The minimum atomic E-state index is 0.0604. The minimum Gasteiger partial charge on any atom is -0.274 e. The fourth-order valence-corrected chi connectivity index (χ4v) is 4.34. The molecule has 146 valence electrons. The highest BCUT2D eigenvalue weighted by atomic mass is 32.1. The van der Waals surface area contributed by atoms with E-state index in [2.05, 4.69) is 38.1 Å². The van der Waals surface area contributed by atoms with E-state index < -0.39 is 0 Å². The molecule has 0 spiro atoms. The third-order valence-electron chi connectivity index (χ3n) is 5.01. The van der Waals surface area contributed by atoms with Gasteiger partial charge >= 0.3 is 0 Å². The van der Waals surface area contributed by atoms with Crippen LogP contribution in [0.1, 0.15) is 37.3 Å². The number of fused-ring (bicyclic) bond motifs is 1. The molecular weight excluding hydrogens is 376 g/mol. The van der Waals surface area contributed by atoms with Gasteiger partial charge in [-0.15, -0.1) is 0 Å². The Morgan fingerprint density at radius 2 is 1.62 bits per heavy atom. The predicted molar refractivity (Wildman–Crippen MR) is 122 cm³/mol. The number of hydrogen-bond acceptors (Lipinski definition) is 3. The smallest absolute Gasteiger partial charge is 0.233 e. The first kappa shape index (κ1) is 19.3. The Morgan fingerprint density at radius 3 is 2.31 bits per heavy atom. The van der Waals surface area contributed by atoms with Crippen LogP contribution < -0.4 is 4.90 Å². The Labute approximate surface area is 175 Å². The molecule has 0 aliphatic rings. The van der Waals surface area contributed by atoms with E-state index in [4.69, 9.17) is 4.98 Å². The second-order valence-corrected chi connectivity index (χ2v) is 8.43. The maximum absolute atomic E-state index is 13.3. The van der Waals surface area contributed by atoms with Gasteiger partial charge in [-0.25, -0.2) is 4.98 Å². The molecule has 3 aromatic carbocycles. The van der Waals surface area contributed by atoms with E-state index in [1.54, 1.807) is 16.2 Å². The number of anilines is 2. The molecule has 0 radical (unpaired) electrons.